The fourth-order valence-corrected chi connectivity index (χ4v) is 4.19. The lowest BCUT2D eigenvalue weighted by molar-refractivity contribution is 0.0600. The van der Waals surface area contributed by atoms with Crippen molar-refractivity contribution in [2.75, 3.05) is 20.2 Å². The van der Waals surface area contributed by atoms with Crippen molar-refractivity contribution in [3.8, 4) is 0 Å². The van der Waals surface area contributed by atoms with Gasteiger partial charge < -0.3 is 10.5 Å². The average Bonchev–Trinajstić information content (AvgIpc) is 2.65. The van der Waals surface area contributed by atoms with E-state index in [1.807, 2.05) is 30.3 Å². The molecule has 0 aromatic heterocycles. The molecular formula is C19H25ClN2O4S. The third-order valence-corrected chi connectivity index (χ3v) is 5.74. The fraction of sp³-hybridized carbons (Fsp3) is 0.316. The Morgan fingerprint density at radius 2 is 1.70 bits per heavy atom. The molecule has 0 fully saturated rings. The van der Waals surface area contributed by atoms with Gasteiger partial charge in [-0.25, -0.2) is 13.2 Å². The van der Waals surface area contributed by atoms with Crippen LogP contribution < -0.4 is 5.73 Å². The van der Waals surface area contributed by atoms with E-state index in [1.54, 1.807) is 24.3 Å². The van der Waals surface area contributed by atoms with Crippen LogP contribution in [0.5, 0.6) is 0 Å². The van der Waals surface area contributed by atoms with Crippen molar-refractivity contribution >= 4 is 28.4 Å². The Morgan fingerprint density at radius 3 is 2.33 bits per heavy atom. The first kappa shape index (κ1) is 23.1. The molecular weight excluding hydrogens is 388 g/mol. The van der Waals surface area contributed by atoms with Crippen LogP contribution in [0.2, 0.25) is 0 Å². The Hall–Kier alpha value is -1.93. The van der Waals surface area contributed by atoms with Gasteiger partial charge in [-0.05, 0) is 30.2 Å². The van der Waals surface area contributed by atoms with Gasteiger partial charge in [0.25, 0.3) is 0 Å². The smallest absolute Gasteiger partial charge is 0.338 e. The maximum absolute atomic E-state index is 13.0. The number of benzene rings is 2. The summed E-state index contributed by atoms with van der Waals surface area (Å²) in [5.41, 5.74) is 7.15. The number of ether oxygens (including phenoxy) is 1. The van der Waals surface area contributed by atoms with E-state index in [2.05, 4.69) is 0 Å². The van der Waals surface area contributed by atoms with Crippen LogP contribution in [0.4, 0.5) is 0 Å². The predicted octanol–water partition coefficient (Wildman–Crippen LogP) is 2.58. The molecule has 0 unspecified atom stereocenters. The average molecular weight is 413 g/mol. The van der Waals surface area contributed by atoms with Gasteiger partial charge in [0, 0.05) is 13.1 Å². The highest BCUT2D eigenvalue weighted by Crippen LogP contribution is 2.18. The molecule has 0 atom stereocenters. The molecule has 0 spiro atoms. The molecule has 0 aliphatic rings. The monoisotopic (exact) mass is 412 g/mol. The van der Waals surface area contributed by atoms with Crippen molar-refractivity contribution in [2.45, 2.75) is 18.7 Å². The number of hydrogen-bond acceptors (Lipinski definition) is 5. The normalized spacial score (nSPS) is 11.1. The first-order chi connectivity index (χ1) is 12.5. The van der Waals surface area contributed by atoms with Crippen molar-refractivity contribution < 1.29 is 17.9 Å². The quantitative estimate of drug-likeness (QED) is 0.639. The number of halogens is 1. The largest absolute Gasteiger partial charge is 0.465 e. The summed E-state index contributed by atoms with van der Waals surface area (Å²) < 4.78 is 32.2. The van der Waals surface area contributed by atoms with E-state index < -0.39 is 16.0 Å². The molecule has 0 aliphatic heterocycles. The number of rotatable bonds is 9. The van der Waals surface area contributed by atoms with E-state index in [0.29, 0.717) is 25.1 Å². The first-order valence-electron chi connectivity index (χ1n) is 8.36. The third kappa shape index (κ3) is 6.62. The van der Waals surface area contributed by atoms with Crippen molar-refractivity contribution in [3.05, 3.63) is 71.3 Å². The van der Waals surface area contributed by atoms with Crippen LogP contribution in [0, 0.1) is 0 Å². The van der Waals surface area contributed by atoms with Gasteiger partial charge in [0.1, 0.15) is 0 Å². The Morgan fingerprint density at radius 1 is 1.07 bits per heavy atom. The maximum Gasteiger partial charge on any atom is 0.338 e. The molecule has 27 heavy (non-hydrogen) atoms. The number of carbonyl (C=O) groups excluding carboxylic acids is 1. The zero-order valence-electron chi connectivity index (χ0n) is 15.2. The summed E-state index contributed by atoms with van der Waals surface area (Å²) in [6, 6.07) is 16.0. The molecule has 2 aromatic rings. The number of carbonyl (C=O) groups is 1. The summed E-state index contributed by atoms with van der Waals surface area (Å²) in [4.78, 5) is 11.9. The van der Waals surface area contributed by atoms with Gasteiger partial charge in [0.05, 0.1) is 18.4 Å². The summed E-state index contributed by atoms with van der Waals surface area (Å²) in [7, 11) is -2.37. The minimum Gasteiger partial charge on any atom is -0.465 e. The van der Waals surface area contributed by atoms with Crippen molar-refractivity contribution in [1.29, 1.82) is 0 Å². The second kappa shape index (κ2) is 11.0. The Bertz CT molecular complexity index is 829. The number of nitrogens with two attached hydrogens (primary N) is 1. The van der Waals surface area contributed by atoms with E-state index in [4.69, 9.17) is 10.5 Å². The molecule has 0 saturated carbocycles. The minimum atomic E-state index is -3.64. The number of methoxy groups -OCH3 is 1. The van der Waals surface area contributed by atoms with Gasteiger partial charge in [-0.2, -0.15) is 4.31 Å². The van der Waals surface area contributed by atoms with Gasteiger partial charge in [0.15, 0.2) is 0 Å². The van der Waals surface area contributed by atoms with E-state index in [1.165, 1.54) is 11.4 Å². The van der Waals surface area contributed by atoms with E-state index in [-0.39, 0.29) is 30.3 Å². The highest BCUT2D eigenvalue weighted by atomic mass is 35.5. The SMILES string of the molecule is COC(=O)c1ccccc1CS(=O)(=O)N(CCCN)Cc1ccccc1.Cl. The van der Waals surface area contributed by atoms with Crippen LogP contribution >= 0.6 is 12.4 Å². The second-order valence-electron chi connectivity index (χ2n) is 5.87. The van der Waals surface area contributed by atoms with Crippen molar-refractivity contribution in [2.24, 2.45) is 5.73 Å². The van der Waals surface area contributed by atoms with E-state index in [0.717, 1.165) is 5.56 Å². The van der Waals surface area contributed by atoms with Gasteiger partial charge >= 0.3 is 5.97 Å². The molecule has 0 saturated heterocycles. The molecule has 2 aromatic carbocycles. The van der Waals surface area contributed by atoms with Gasteiger partial charge in [-0.3, -0.25) is 0 Å². The van der Waals surface area contributed by atoms with Gasteiger partial charge in [0.2, 0.25) is 10.0 Å². The molecule has 2 rings (SSSR count). The third-order valence-electron chi connectivity index (χ3n) is 3.97. The highest BCUT2D eigenvalue weighted by Gasteiger charge is 2.25. The van der Waals surface area contributed by atoms with Crippen LogP contribution in [-0.4, -0.2) is 38.9 Å². The van der Waals surface area contributed by atoms with Gasteiger partial charge in [-0.1, -0.05) is 48.5 Å². The summed E-state index contributed by atoms with van der Waals surface area (Å²) in [5.74, 6) is -0.817. The summed E-state index contributed by atoms with van der Waals surface area (Å²) >= 11 is 0. The topological polar surface area (TPSA) is 89.7 Å². The Kier molecular flexibility index (Phi) is 9.45. The molecule has 0 aliphatic carbocycles. The molecule has 2 N–H and O–H groups in total. The zero-order valence-corrected chi connectivity index (χ0v) is 16.8. The lowest BCUT2D eigenvalue weighted by Gasteiger charge is -2.22. The van der Waals surface area contributed by atoms with Crippen molar-refractivity contribution in [1.82, 2.24) is 4.31 Å². The summed E-state index contributed by atoms with van der Waals surface area (Å²) in [6.07, 6.45) is 0.560. The number of nitrogens with zero attached hydrogens (tertiary/aromatic N) is 1. The molecule has 0 amide bonds. The predicted molar refractivity (Wildman–Crippen MR) is 108 cm³/mol. The van der Waals surface area contributed by atoms with Crippen LogP contribution in [0.1, 0.15) is 27.9 Å². The Balaban J connectivity index is 0.00000364. The van der Waals surface area contributed by atoms with Crippen LogP contribution in [0.3, 0.4) is 0 Å². The summed E-state index contributed by atoms with van der Waals surface area (Å²) in [5, 5.41) is 0. The molecule has 0 heterocycles. The highest BCUT2D eigenvalue weighted by molar-refractivity contribution is 7.88. The molecule has 6 nitrogen and oxygen atoms in total. The lowest BCUT2D eigenvalue weighted by Crippen LogP contribution is -2.34. The lowest BCUT2D eigenvalue weighted by atomic mass is 10.1. The minimum absolute atomic E-state index is 0. The Labute approximate surface area is 166 Å². The number of hydrogen-bond donors (Lipinski definition) is 1. The molecule has 148 valence electrons. The van der Waals surface area contributed by atoms with Crippen LogP contribution in [-0.2, 0) is 27.1 Å². The molecule has 0 bridgehead atoms. The summed E-state index contributed by atoms with van der Waals surface area (Å²) in [6.45, 7) is 0.997. The molecule has 0 radical (unpaired) electrons. The fourth-order valence-electron chi connectivity index (χ4n) is 2.61. The first-order valence-corrected chi connectivity index (χ1v) is 9.97. The van der Waals surface area contributed by atoms with Gasteiger partial charge in [-0.15, -0.1) is 12.4 Å². The second-order valence-corrected chi connectivity index (χ2v) is 7.84. The number of sulfonamides is 1. The van der Waals surface area contributed by atoms with Crippen molar-refractivity contribution in [3.63, 3.8) is 0 Å². The molecule has 8 heteroatoms. The van der Waals surface area contributed by atoms with E-state index in [9.17, 15) is 13.2 Å². The van der Waals surface area contributed by atoms with E-state index >= 15 is 0 Å². The maximum atomic E-state index is 13.0. The van der Waals surface area contributed by atoms with Crippen LogP contribution in [0.15, 0.2) is 54.6 Å². The standard InChI is InChI=1S/C19H24N2O4S.ClH/c1-25-19(22)18-11-6-5-10-17(18)15-26(23,24)21(13-7-12-20)14-16-8-3-2-4-9-16;/h2-6,8-11H,7,12-15,20H2,1H3;1H. The zero-order chi connectivity index (χ0) is 19.0. The van der Waals surface area contributed by atoms with Crippen LogP contribution in [0.25, 0.3) is 0 Å². The number of esters is 1.